The molecule has 5 rings (SSSR count). The van der Waals surface area contributed by atoms with E-state index in [9.17, 15) is 9.59 Å². The molecule has 2 atom stereocenters. The summed E-state index contributed by atoms with van der Waals surface area (Å²) in [6.45, 7) is 5.82. The molecular formula is C25H32ClNO4. The lowest BCUT2D eigenvalue weighted by Crippen LogP contribution is -2.61. The highest BCUT2D eigenvalue weighted by molar-refractivity contribution is 6.30. The standard InChI is InChI=1S/C25H32ClNO4/c1-4-30-21(28)9-10-25-13-16-11-17(14-25)22(18(12-16)15-25)27-23(29)24(2,3)31-20-7-5-19(26)6-8-20/h5-10,16-18,22H,4,11-15H2,1-3H3,(H,27,29). The molecule has 0 saturated heterocycles. The van der Waals surface area contributed by atoms with Gasteiger partial charge in [0.2, 0.25) is 0 Å². The van der Waals surface area contributed by atoms with Crippen molar-refractivity contribution in [3.8, 4) is 5.75 Å². The average Bonchev–Trinajstić information content (AvgIpc) is 2.70. The van der Waals surface area contributed by atoms with E-state index in [-0.39, 0.29) is 23.3 Å². The van der Waals surface area contributed by atoms with Gasteiger partial charge in [-0.3, -0.25) is 4.79 Å². The molecule has 0 heterocycles. The molecule has 5 nitrogen and oxygen atoms in total. The number of allylic oxidation sites excluding steroid dienone is 1. The molecule has 4 aliphatic carbocycles. The van der Waals surface area contributed by atoms with Gasteiger partial charge in [0, 0.05) is 17.1 Å². The van der Waals surface area contributed by atoms with Crippen molar-refractivity contribution in [3.63, 3.8) is 0 Å². The first-order chi connectivity index (χ1) is 14.7. The summed E-state index contributed by atoms with van der Waals surface area (Å²) >= 11 is 5.95. The predicted molar refractivity (Wildman–Crippen MR) is 120 cm³/mol. The molecule has 2 unspecified atom stereocenters. The van der Waals surface area contributed by atoms with Crippen LogP contribution in [0.3, 0.4) is 0 Å². The highest BCUT2D eigenvalue weighted by Gasteiger charge is 2.55. The molecule has 0 spiro atoms. The summed E-state index contributed by atoms with van der Waals surface area (Å²) in [5.41, 5.74) is -0.913. The lowest BCUT2D eigenvalue weighted by molar-refractivity contribution is -0.139. The zero-order chi connectivity index (χ0) is 22.2. The van der Waals surface area contributed by atoms with Gasteiger partial charge in [0.05, 0.1) is 6.61 Å². The molecule has 4 bridgehead atoms. The minimum absolute atomic E-state index is 0.0693. The van der Waals surface area contributed by atoms with Gasteiger partial charge < -0.3 is 14.8 Å². The van der Waals surface area contributed by atoms with Crippen molar-refractivity contribution in [2.75, 3.05) is 6.61 Å². The molecule has 168 valence electrons. The highest BCUT2D eigenvalue weighted by Crippen LogP contribution is 2.60. The first-order valence-electron chi connectivity index (χ1n) is 11.3. The van der Waals surface area contributed by atoms with Crippen LogP contribution in [0.2, 0.25) is 5.02 Å². The normalized spacial score (nSPS) is 31.6. The van der Waals surface area contributed by atoms with Crippen LogP contribution in [0.5, 0.6) is 5.75 Å². The van der Waals surface area contributed by atoms with E-state index in [0.717, 1.165) is 32.1 Å². The summed E-state index contributed by atoms with van der Waals surface area (Å²) in [6.07, 6.45) is 9.18. The largest absolute Gasteiger partial charge is 0.478 e. The first-order valence-corrected chi connectivity index (χ1v) is 11.7. The number of esters is 1. The molecule has 4 fully saturated rings. The molecule has 0 aliphatic heterocycles. The van der Waals surface area contributed by atoms with E-state index in [0.29, 0.717) is 35.1 Å². The molecule has 4 aliphatic rings. The molecule has 1 aromatic rings. The van der Waals surface area contributed by atoms with Gasteiger partial charge in [0.15, 0.2) is 5.60 Å². The minimum atomic E-state index is -0.982. The van der Waals surface area contributed by atoms with Gasteiger partial charge in [-0.2, -0.15) is 0 Å². The van der Waals surface area contributed by atoms with Crippen LogP contribution in [-0.2, 0) is 14.3 Å². The molecule has 0 radical (unpaired) electrons. The molecule has 4 saturated carbocycles. The second-order valence-corrected chi connectivity index (χ2v) is 10.4. The zero-order valence-electron chi connectivity index (χ0n) is 18.5. The van der Waals surface area contributed by atoms with Gasteiger partial charge in [0.25, 0.3) is 5.91 Å². The van der Waals surface area contributed by atoms with Crippen LogP contribution < -0.4 is 10.1 Å². The molecule has 1 amide bonds. The van der Waals surface area contributed by atoms with Gasteiger partial charge in [0.1, 0.15) is 5.75 Å². The lowest BCUT2D eigenvalue weighted by atomic mass is 9.48. The van der Waals surface area contributed by atoms with E-state index in [1.54, 1.807) is 44.2 Å². The highest BCUT2D eigenvalue weighted by atomic mass is 35.5. The van der Waals surface area contributed by atoms with Gasteiger partial charge >= 0.3 is 5.97 Å². The zero-order valence-corrected chi connectivity index (χ0v) is 19.3. The number of halogens is 1. The summed E-state index contributed by atoms with van der Waals surface area (Å²) < 4.78 is 11.1. The maximum Gasteiger partial charge on any atom is 0.330 e. The third-order valence-corrected chi connectivity index (χ3v) is 7.46. The molecule has 0 aromatic heterocycles. The topological polar surface area (TPSA) is 64.6 Å². The second-order valence-electron chi connectivity index (χ2n) is 9.98. The Morgan fingerprint density at radius 1 is 1.16 bits per heavy atom. The lowest BCUT2D eigenvalue weighted by Gasteiger charge is -2.59. The third kappa shape index (κ3) is 4.77. The Morgan fingerprint density at radius 3 is 2.42 bits per heavy atom. The average molecular weight is 446 g/mol. The van der Waals surface area contributed by atoms with Crippen molar-refractivity contribution in [2.45, 2.75) is 64.5 Å². The second kappa shape index (κ2) is 8.50. The minimum Gasteiger partial charge on any atom is -0.478 e. The Labute approximate surface area is 189 Å². The van der Waals surface area contributed by atoms with Crippen LogP contribution in [0, 0.1) is 23.2 Å². The summed E-state index contributed by atoms with van der Waals surface area (Å²) in [4.78, 5) is 25.0. The number of benzene rings is 1. The van der Waals surface area contributed by atoms with E-state index in [2.05, 4.69) is 11.4 Å². The molecule has 1 aromatic carbocycles. The van der Waals surface area contributed by atoms with Crippen LogP contribution >= 0.6 is 11.6 Å². The first kappa shape index (κ1) is 22.2. The molecule has 1 N–H and O–H groups in total. The fourth-order valence-corrected chi connectivity index (χ4v) is 6.26. The Kier molecular flexibility index (Phi) is 6.08. The van der Waals surface area contributed by atoms with E-state index in [4.69, 9.17) is 21.1 Å². The van der Waals surface area contributed by atoms with Crippen molar-refractivity contribution in [3.05, 3.63) is 41.4 Å². The fraction of sp³-hybridized carbons (Fsp3) is 0.600. The SMILES string of the molecule is CCOC(=O)C=CC12CC3CC(C1)C(NC(=O)C(C)(C)Oc1ccc(Cl)cc1)C(C3)C2. The van der Waals surface area contributed by atoms with Gasteiger partial charge in [-0.1, -0.05) is 17.7 Å². The Hall–Kier alpha value is -2.01. The van der Waals surface area contributed by atoms with E-state index >= 15 is 0 Å². The number of carbonyl (C=O) groups excluding carboxylic acids is 2. The van der Waals surface area contributed by atoms with Crippen molar-refractivity contribution < 1.29 is 19.1 Å². The van der Waals surface area contributed by atoms with E-state index in [1.807, 2.05) is 6.92 Å². The molecule has 6 heteroatoms. The van der Waals surface area contributed by atoms with Crippen LogP contribution in [0.4, 0.5) is 0 Å². The monoisotopic (exact) mass is 445 g/mol. The summed E-state index contributed by atoms with van der Waals surface area (Å²) in [5.74, 6) is 1.83. The predicted octanol–water partition coefficient (Wildman–Crippen LogP) is 4.93. The maximum absolute atomic E-state index is 13.2. The van der Waals surface area contributed by atoms with Crippen molar-refractivity contribution in [2.24, 2.45) is 23.2 Å². The Balaban J connectivity index is 1.42. The van der Waals surface area contributed by atoms with Gasteiger partial charge in [-0.15, -0.1) is 0 Å². The van der Waals surface area contributed by atoms with E-state index < -0.39 is 5.60 Å². The van der Waals surface area contributed by atoms with Gasteiger partial charge in [-0.05, 0) is 100 Å². The Bertz CT molecular complexity index is 847. The fourth-order valence-electron chi connectivity index (χ4n) is 6.13. The van der Waals surface area contributed by atoms with Gasteiger partial charge in [-0.25, -0.2) is 4.79 Å². The Morgan fingerprint density at radius 2 is 1.81 bits per heavy atom. The van der Waals surface area contributed by atoms with Crippen molar-refractivity contribution in [1.29, 1.82) is 0 Å². The number of amides is 1. The van der Waals surface area contributed by atoms with E-state index in [1.165, 1.54) is 0 Å². The van der Waals surface area contributed by atoms with Crippen molar-refractivity contribution in [1.82, 2.24) is 5.32 Å². The van der Waals surface area contributed by atoms with Crippen molar-refractivity contribution >= 4 is 23.5 Å². The summed E-state index contributed by atoms with van der Waals surface area (Å²) in [7, 11) is 0. The molecular weight excluding hydrogens is 414 g/mol. The number of nitrogens with one attached hydrogen (secondary N) is 1. The maximum atomic E-state index is 13.2. The number of carbonyl (C=O) groups is 2. The summed E-state index contributed by atoms with van der Waals surface area (Å²) in [5, 5.41) is 3.96. The number of rotatable bonds is 7. The number of hydrogen-bond donors (Lipinski definition) is 1. The van der Waals surface area contributed by atoms with Crippen LogP contribution in [0.1, 0.15) is 52.9 Å². The summed E-state index contributed by atoms with van der Waals surface area (Å²) in [6, 6.07) is 7.23. The quantitative estimate of drug-likeness (QED) is 0.477. The van der Waals surface area contributed by atoms with Crippen LogP contribution in [0.25, 0.3) is 0 Å². The number of ether oxygens (including phenoxy) is 2. The smallest absolute Gasteiger partial charge is 0.330 e. The molecule has 31 heavy (non-hydrogen) atoms. The van der Waals surface area contributed by atoms with Crippen LogP contribution in [-0.4, -0.2) is 30.1 Å². The third-order valence-electron chi connectivity index (χ3n) is 7.21. The number of hydrogen-bond acceptors (Lipinski definition) is 4. The van der Waals surface area contributed by atoms with Crippen LogP contribution in [0.15, 0.2) is 36.4 Å².